The lowest BCUT2D eigenvalue weighted by Crippen LogP contribution is -2.43. The molecule has 20 heavy (non-hydrogen) atoms. The van der Waals surface area contributed by atoms with Gasteiger partial charge in [0, 0.05) is 13.8 Å². The highest BCUT2D eigenvalue weighted by Gasteiger charge is 2.32. The molecule has 1 aliphatic heterocycles. The normalized spacial score (nSPS) is 26.1. The van der Waals surface area contributed by atoms with Gasteiger partial charge in [0.2, 0.25) is 0 Å². The van der Waals surface area contributed by atoms with Crippen molar-refractivity contribution >= 4 is 11.9 Å². The lowest BCUT2D eigenvalue weighted by Gasteiger charge is -2.34. The highest BCUT2D eigenvalue weighted by molar-refractivity contribution is 5.66. The van der Waals surface area contributed by atoms with Gasteiger partial charge in [-0.05, 0) is 32.9 Å². The van der Waals surface area contributed by atoms with Crippen LogP contribution in [-0.4, -0.2) is 42.6 Å². The largest absolute Gasteiger partial charge is 0.463 e. The van der Waals surface area contributed by atoms with Gasteiger partial charge < -0.3 is 18.9 Å². The maximum Gasteiger partial charge on any atom is 0.303 e. The summed E-state index contributed by atoms with van der Waals surface area (Å²) in [5.41, 5.74) is -0.380. The maximum atomic E-state index is 11.1. The number of rotatable bonds is 4. The second-order valence-corrected chi connectivity index (χ2v) is 5.53. The fourth-order valence-corrected chi connectivity index (χ4v) is 1.68. The Morgan fingerprint density at radius 3 is 2.30 bits per heavy atom. The molecule has 0 unspecified atom stereocenters. The predicted octanol–water partition coefficient (Wildman–Crippen LogP) is 1.58. The monoisotopic (exact) mass is 286 g/mol. The first-order chi connectivity index (χ1) is 9.17. The molecule has 0 saturated heterocycles. The zero-order valence-corrected chi connectivity index (χ0v) is 12.5. The second kappa shape index (κ2) is 6.85. The average molecular weight is 286 g/mol. The first-order valence-electron chi connectivity index (χ1n) is 6.49. The summed E-state index contributed by atoms with van der Waals surface area (Å²) in [5.74, 6) is -0.843. The van der Waals surface area contributed by atoms with Crippen LogP contribution in [0.4, 0.5) is 0 Å². The molecule has 0 aromatic carbocycles. The third-order valence-electron chi connectivity index (χ3n) is 2.36. The molecule has 0 fully saturated rings. The Balaban J connectivity index is 2.71. The molecule has 0 radical (unpaired) electrons. The van der Waals surface area contributed by atoms with E-state index in [1.165, 1.54) is 13.8 Å². The third kappa shape index (κ3) is 6.16. The lowest BCUT2D eigenvalue weighted by molar-refractivity contribution is -0.223. The van der Waals surface area contributed by atoms with Crippen LogP contribution >= 0.6 is 0 Å². The number of ether oxygens (including phenoxy) is 4. The molecule has 1 heterocycles. The van der Waals surface area contributed by atoms with Crippen molar-refractivity contribution in [2.45, 2.75) is 58.7 Å². The van der Waals surface area contributed by atoms with Crippen LogP contribution in [0.15, 0.2) is 12.2 Å². The first-order valence-corrected chi connectivity index (χ1v) is 6.49. The summed E-state index contributed by atoms with van der Waals surface area (Å²) in [6.45, 7) is 8.34. The van der Waals surface area contributed by atoms with Crippen LogP contribution in [0.25, 0.3) is 0 Å². The number of carbonyl (C=O) groups is 2. The van der Waals surface area contributed by atoms with Crippen LogP contribution < -0.4 is 0 Å². The van der Waals surface area contributed by atoms with Gasteiger partial charge in [-0.3, -0.25) is 9.59 Å². The smallest absolute Gasteiger partial charge is 0.303 e. The molecule has 0 N–H and O–H groups in total. The molecule has 6 nitrogen and oxygen atoms in total. The molecule has 0 bridgehead atoms. The standard InChI is InChI=1S/C14H22O6/c1-9(15)17-8-12-11(18-10(2)16)6-7-13(19-12)20-14(3,4)5/h6-7,11-13H,8H2,1-5H3/t11-,12+,13+/m0/s1. The highest BCUT2D eigenvalue weighted by Crippen LogP contribution is 2.21. The Morgan fingerprint density at radius 1 is 1.15 bits per heavy atom. The molecule has 1 rings (SSSR count). The van der Waals surface area contributed by atoms with Crippen molar-refractivity contribution in [2.24, 2.45) is 0 Å². The van der Waals surface area contributed by atoms with Crippen molar-refractivity contribution in [3.05, 3.63) is 12.2 Å². The van der Waals surface area contributed by atoms with Crippen molar-refractivity contribution in [3.8, 4) is 0 Å². The second-order valence-electron chi connectivity index (χ2n) is 5.53. The van der Waals surface area contributed by atoms with E-state index in [4.69, 9.17) is 18.9 Å². The third-order valence-corrected chi connectivity index (χ3v) is 2.36. The fraction of sp³-hybridized carbons (Fsp3) is 0.714. The Hall–Kier alpha value is -1.40. The van der Waals surface area contributed by atoms with Gasteiger partial charge in [-0.1, -0.05) is 0 Å². The van der Waals surface area contributed by atoms with Gasteiger partial charge in [0.15, 0.2) is 6.29 Å². The quantitative estimate of drug-likeness (QED) is 0.577. The predicted molar refractivity (Wildman–Crippen MR) is 70.8 cm³/mol. The molecule has 0 aliphatic carbocycles. The summed E-state index contributed by atoms with van der Waals surface area (Å²) in [5, 5.41) is 0. The van der Waals surface area contributed by atoms with Crippen LogP contribution in [0.2, 0.25) is 0 Å². The molecule has 114 valence electrons. The summed E-state index contributed by atoms with van der Waals surface area (Å²) in [6, 6.07) is 0. The summed E-state index contributed by atoms with van der Waals surface area (Å²) >= 11 is 0. The van der Waals surface area contributed by atoms with Crippen molar-refractivity contribution < 1.29 is 28.5 Å². The molecule has 0 amide bonds. The number of carbonyl (C=O) groups excluding carboxylic acids is 2. The van der Waals surface area contributed by atoms with Crippen molar-refractivity contribution in [1.82, 2.24) is 0 Å². The SMILES string of the molecule is CC(=O)OC[C@H]1O[C@H](OC(C)(C)C)C=C[C@@H]1OC(C)=O. The van der Waals surface area contributed by atoms with Crippen LogP contribution in [0.5, 0.6) is 0 Å². The topological polar surface area (TPSA) is 71.1 Å². The van der Waals surface area contributed by atoms with Crippen LogP contribution in [0, 0.1) is 0 Å². The average Bonchev–Trinajstić information content (AvgIpc) is 2.26. The molecule has 0 spiro atoms. The van der Waals surface area contributed by atoms with E-state index in [2.05, 4.69) is 0 Å². The summed E-state index contributed by atoms with van der Waals surface area (Å²) in [6.07, 6.45) is 1.63. The van der Waals surface area contributed by atoms with Gasteiger partial charge in [-0.15, -0.1) is 0 Å². The minimum atomic E-state index is -0.591. The lowest BCUT2D eigenvalue weighted by atomic mass is 10.1. The number of hydrogen-bond donors (Lipinski definition) is 0. The molecule has 0 aromatic heterocycles. The zero-order valence-electron chi connectivity index (χ0n) is 12.5. The summed E-state index contributed by atoms with van der Waals surface area (Å²) in [4.78, 5) is 21.9. The molecular weight excluding hydrogens is 264 g/mol. The van der Waals surface area contributed by atoms with Crippen LogP contribution in [0.3, 0.4) is 0 Å². The van der Waals surface area contributed by atoms with Crippen molar-refractivity contribution in [1.29, 1.82) is 0 Å². The van der Waals surface area contributed by atoms with Gasteiger partial charge in [-0.2, -0.15) is 0 Å². The van der Waals surface area contributed by atoms with Gasteiger partial charge in [0.1, 0.15) is 18.8 Å². The molecule has 3 atom stereocenters. The minimum Gasteiger partial charge on any atom is -0.463 e. The molecule has 6 heteroatoms. The Kier molecular flexibility index (Phi) is 5.71. The fourth-order valence-electron chi connectivity index (χ4n) is 1.68. The van der Waals surface area contributed by atoms with Crippen LogP contribution in [-0.2, 0) is 28.5 Å². The maximum absolute atomic E-state index is 11.1. The highest BCUT2D eigenvalue weighted by atomic mass is 16.7. The van der Waals surface area contributed by atoms with E-state index in [1.807, 2.05) is 20.8 Å². The minimum absolute atomic E-state index is 0.00161. The Morgan fingerprint density at radius 2 is 1.80 bits per heavy atom. The molecule has 0 aromatic rings. The van der Waals surface area contributed by atoms with Crippen molar-refractivity contribution in [3.63, 3.8) is 0 Å². The van der Waals surface area contributed by atoms with Gasteiger partial charge in [-0.25, -0.2) is 0 Å². The van der Waals surface area contributed by atoms with E-state index < -0.39 is 30.4 Å². The van der Waals surface area contributed by atoms with E-state index in [1.54, 1.807) is 12.2 Å². The van der Waals surface area contributed by atoms with Gasteiger partial charge >= 0.3 is 11.9 Å². The summed E-state index contributed by atoms with van der Waals surface area (Å²) < 4.78 is 21.4. The van der Waals surface area contributed by atoms with E-state index in [9.17, 15) is 9.59 Å². The van der Waals surface area contributed by atoms with Gasteiger partial charge in [0.05, 0.1) is 5.60 Å². The van der Waals surface area contributed by atoms with Gasteiger partial charge in [0.25, 0.3) is 0 Å². The van der Waals surface area contributed by atoms with E-state index in [-0.39, 0.29) is 12.2 Å². The number of hydrogen-bond acceptors (Lipinski definition) is 6. The molecule has 0 saturated carbocycles. The van der Waals surface area contributed by atoms with E-state index in [0.29, 0.717) is 0 Å². The van der Waals surface area contributed by atoms with E-state index in [0.717, 1.165) is 0 Å². The Labute approximate surface area is 119 Å². The molecular formula is C14H22O6. The van der Waals surface area contributed by atoms with Crippen molar-refractivity contribution in [2.75, 3.05) is 6.61 Å². The summed E-state index contributed by atoms with van der Waals surface area (Å²) in [7, 11) is 0. The van der Waals surface area contributed by atoms with Crippen LogP contribution in [0.1, 0.15) is 34.6 Å². The molecule has 1 aliphatic rings. The zero-order chi connectivity index (χ0) is 15.3. The first kappa shape index (κ1) is 16.7. The number of esters is 2. The Bertz CT molecular complexity index is 382. The van der Waals surface area contributed by atoms with E-state index >= 15 is 0 Å².